The van der Waals surface area contributed by atoms with E-state index in [2.05, 4.69) is 16.0 Å². The van der Waals surface area contributed by atoms with Gasteiger partial charge in [0.15, 0.2) is 0 Å². The number of hydrogen-bond acceptors (Lipinski definition) is 7. The number of carbonyl (C=O) groups is 1. The number of halogens is 1. The number of nitriles is 1. The van der Waals surface area contributed by atoms with Gasteiger partial charge in [-0.3, -0.25) is 4.79 Å². The van der Waals surface area contributed by atoms with Crippen LogP contribution in [0.25, 0.3) is 5.57 Å². The number of nitrogens with one attached hydrogen (secondary N) is 4. The largest absolute Gasteiger partial charge is 0.394 e. The molecule has 0 spiro atoms. The molecular formula is C28H36FN5O3. The van der Waals surface area contributed by atoms with E-state index < -0.39 is 18.5 Å². The predicted octanol–water partition coefficient (Wildman–Crippen LogP) is 3.06. The molecule has 8 nitrogen and oxygen atoms in total. The number of aliphatic hydroxyl groups excluding tert-OH is 2. The molecule has 0 aliphatic heterocycles. The van der Waals surface area contributed by atoms with Crippen molar-refractivity contribution in [3.63, 3.8) is 0 Å². The summed E-state index contributed by atoms with van der Waals surface area (Å²) in [6.45, 7) is 0.297. The molecular weight excluding hydrogens is 473 g/mol. The van der Waals surface area contributed by atoms with Crippen molar-refractivity contribution in [3.05, 3.63) is 76.4 Å². The number of amides is 1. The Balaban J connectivity index is 2.52. The Bertz CT molecular complexity index is 1100. The lowest BCUT2D eigenvalue weighted by atomic mass is 9.88. The van der Waals surface area contributed by atoms with E-state index in [1.807, 2.05) is 24.3 Å². The molecule has 0 radical (unpaired) electrons. The lowest BCUT2D eigenvalue weighted by molar-refractivity contribution is -0.109. The smallest absolute Gasteiger partial charge is 0.207 e. The zero-order valence-corrected chi connectivity index (χ0v) is 21.2. The third-order valence-corrected chi connectivity index (χ3v) is 5.90. The van der Waals surface area contributed by atoms with E-state index in [0.29, 0.717) is 48.3 Å². The molecule has 1 aliphatic rings. The predicted molar refractivity (Wildman–Crippen MR) is 143 cm³/mol. The van der Waals surface area contributed by atoms with Crippen molar-refractivity contribution >= 4 is 17.7 Å². The molecule has 1 aromatic carbocycles. The summed E-state index contributed by atoms with van der Waals surface area (Å²) in [5, 5.41) is 45.7. The number of benzene rings is 1. The topological polar surface area (TPSA) is 141 Å². The number of aliphatic hydroxyl groups is 2. The fourth-order valence-electron chi connectivity index (χ4n) is 3.92. The van der Waals surface area contributed by atoms with Crippen molar-refractivity contribution in [3.8, 4) is 6.07 Å². The van der Waals surface area contributed by atoms with Gasteiger partial charge in [0.25, 0.3) is 0 Å². The van der Waals surface area contributed by atoms with E-state index in [4.69, 9.17) is 5.41 Å². The minimum absolute atomic E-state index is 0.0502. The van der Waals surface area contributed by atoms with Gasteiger partial charge in [-0.25, -0.2) is 4.39 Å². The highest BCUT2D eigenvalue weighted by atomic mass is 19.1. The Kier molecular flexibility index (Phi) is 12.8. The molecule has 0 saturated carbocycles. The van der Waals surface area contributed by atoms with Crippen LogP contribution < -0.4 is 16.0 Å². The summed E-state index contributed by atoms with van der Waals surface area (Å²) in [4.78, 5) is 10.4. The summed E-state index contributed by atoms with van der Waals surface area (Å²) in [6.07, 6.45) is 11.8. The maximum absolute atomic E-state index is 14.6. The summed E-state index contributed by atoms with van der Waals surface area (Å²) in [5.74, 6) is -0.626. The highest BCUT2D eigenvalue weighted by molar-refractivity contribution is 6.02. The van der Waals surface area contributed by atoms with Gasteiger partial charge in [-0.1, -0.05) is 24.6 Å². The lowest BCUT2D eigenvalue weighted by Crippen LogP contribution is -2.30. The van der Waals surface area contributed by atoms with Crippen molar-refractivity contribution in [1.82, 2.24) is 16.0 Å². The van der Waals surface area contributed by atoms with Crippen LogP contribution in [0.1, 0.15) is 49.7 Å². The first-order valence-electron chi connectivity index (χ1n) is 12.4. The van der Waals surface area contributed by atoms with Crippen molar-refractivity contribution in [2.75, 3.05) is 26.7 Å². The van der Waals surface area contributed by atoms with Gasteiger partial charge in [-0.05, 0) is 61.4 Å². The van der Waals surface area contributed by atoms with Crippen molar-refractivity contribution in [2.24, 2.45) is 0 Å². The van der Waals surface area contributed by atoms with Crippen LogP contribution in [-0.2, 0) is 4.79 Å². The van der Waals surface area contributed by atoms with Crippen LogP contribution in [0, 0.1) is 22.6 Å². The fourth-order valence-corrected chi connectivity index (χ4v) is 3.92. The van der Waals surface area contributed by atoms with Crippen LogP contribution >= 0.6 is 0 Å². The fraction of sp³-hybridized carbons (Fsp3) is 0.393. The lowest BCUT2D eigenvalue weighted by Gasteiger charge is -2.24. The SMILES string of the molecule is CN/C=C1C=C(/C(NCC(O)CO)=C(/C=C/CCCCCNC=O)c2ccc(C#N)c(F)c2)CCC/1=N. The maximum Gasteiger partial charge on any atom is 0.207 e. The quantitative estimate of drug-likeness (QED) is 0.122. The third-order valence-electron chi connectivity index (χ3n) is 5.90. The summed E-state index contributed by atoms with van der Waals surface area (Å²) >= 11 is 0. The monoisotopic (exact) mass is 509 g/mol. The molecule has 1 aromatic rings. The van der Waals surface area contributed by atoms with Gasteiger partial charge in [-0.15, -0.1) is 0 Å². The van der Waals surface area contributed by atoms with Crippen LogP contribution in [0.5, 0.6) is 0 Å². The van der Waals surface area contributed by atoms with Crippen LogP contribution in [-0.4, -0.2) is 55.2 Å². The summed E-state index contributed by atoms with van der Waals surface area (Å²) in [7, 11) is 1.76. The highest BCUT2D eigenvalue weighted by Gasteiger charge is 2.20. The minimum atomic E-state index is -0.993. The van der Waals surface area contributed by atoms with E-state index in [1.165, 1.54) is 12.1 Å². The van der Waals surface area contributed by atoms with Crippen LogP contribution in [0.2, 0.25) is 0 Å². The Morgan fingerprint density at radius 1 is 1.30 bits per heavy atom. The number of unbranched alkanes of at least 4 members (excludes halogenated alkanes) is 3. The molecule has 9 heteroatoms. The Hall–Kier alpha value is -3.74. The van der Waals surface area contributed by atoms with Gasteiger partial charge in [-0.2, -0.15) is 5.26 Å². The first kappa shape index (κ1) is 29.5. The number of nitrogens with zero attached hydrogens (tertiary/aromatic N) is 1. The first-order valence-corrected chi connectivity index (χ1v) is 12.4. The van der Waals surface area contributed by atoms with Crippen LogP contribution in [0.4, 0.5) is 4.39 Å². The molecule has 0 saturated heterocycles. The molecule has 1 unspecified atom stereocenters. The molecule has 1 aliphatic carbocycles. The van der Waals surface area contributed by atoms with Gasteiger partial charge < -0.3 is 31.6 Å². The van der Waals surface area contributed by atoms with Crippen molar-refractivity contribution in [2.45, 2.75) is 44.6 Å². The normalized spacial score (nSPS) is 16.1. The van der Waals surface area contributed by atoms with Crippen molar-refractivity contribution in [1.29, 1.82) is 10.7 Å². The zero-order chi connectivity index (χ0) is 27.0. The minimum Gasteiger partial charge on any atom is -0.394 e. The van der Waals surface area contributed by atoms with Gasteiger partial charge in [0, 0.05) is 48.9 Å². The number of carbonyl (C=O) groups excluding carboxylic acids is 1. The molecule has 198 valence electrons. The Labute approximate surface area is 217 Å². The number of allylic oxidation sites excluding steroid dienone is 6. The van der Waals surface area contributed by atoms with Gasteiger partial charge in [0.2, 0.25) is 6.41 Å². The van der Waals surface area contributed by atoms with Crippen molar-refractivity contribution < 1.29 is 19.4 Å². The first-order chi connectivity index (χ1) is 17.9. The highest BCUT2D eigenvalue weighted by Crippen LogP contribution is 2.31. The second-order valence-electron chi connectivity index (χ2n) is 8.67. The maximum atomic E-state index is 14.6. The summed E-state index contributed by atoms with van der Waals surface area (Å²) in [5.41, 5.74) is 3.96. The van der Waals surface area contributed by atoms with Crippen LogP contribution in [0.15, 0.2) is 59.5 Å². The summed E-state index contributed by atoms with van der Waals surface area (Å²) in [6, 6.07) is 6.30. The third kappa shape index (κ3) is 9.33. The van der Waals surface area contributed by atoms with Gasteiger partial charge in [0.1, 0.15) is 11.9 Å². The molecule has 0 aromatic heterocycles. The molecule has 1 amide bonds. The van der Waals surface area contributed by atoms with E-state index in [0.717, 1.165) is 36.8 Å². The zero-order valence-electron chi connectivity index (χ0n) is 21.2. The molecule has 37 heavy (non-hydrogen) atoms. The standard InChI is InChI=1S/C28H36FN5O3/c1-32-16-23-13-21(10-11-27(23)31)28(34-17-24(37)18-35)25(7-5-3-2-4-6-12-33-19-36)20-8-9-22(15-30)26(29)14-20/h5,7-9,13-14,16,19,24,31-32,34-35,37H,2-4,6,10-12,17-18H2,1H3,(H,33,36)/b7-5+,23-16-,28-25+,31-27?. The second kappa shape index (κ2) is 16.1. The van der Waals surface area contributed by atoms with E-state index in [1.54, 1.807) is 19.3 Å². The number of hydrogen-bond donors (Lipinski definition) is 6. The molecule has 1 atom stereocenters. The van der Waals surface area contributed by atoms with E-state index in [-0.39, 0.29) is 12.1 Å². The molecule has 6 N–H and O–H groups in total. The molecule has 2 rings (SSSR count). The number of rotatable bonds is 15. The summed E-state index contributed by atoms with van der Waals surface area (Å²) < 4.78 is 14.6. The van der Waals surface area contributed by atoms with Crippen LogP contribution in [0.3, 0.4) is 0 Å². The average Bonchev–Trinajstić information content (AvgIpc) is 2.90. The van der Waals surface area contributed by atoms with E-state index in [9.17, 15) is 24.7 Å². The van der Waals surface area contributed by atoms with E-state index >= 15 is 0 Å². The Morgan fingerprint density at radius 2 is 2.11 bits per heavy atom. The average molecular weight is 510 g/mol. The van der Waals surface area contributed by atoms with Gasteiger partial charge in [0.05, 0.1) is 18.3 Å². The second-order valence-corrected chi connectivity index (χ2v) is 8.67. The molecule has 0 heterocycles. The molecule has 0 fully saturated rings. The van der Waals surface area contributed by atoms with Gasteiger partial charge >= 0.3 is 0 Å². The molecule has 0 bridgehead atoms. The Morgan fingerprint density at radius 3 is 2.78 bits per heavy atom.